The Labute approximate surface area is 98.9 Å². The molecule has 0 aromatic carbocycles. The van der Waals surface area contributed by atoms with Gasteiger partial charge in [0.25, 0.3) is 0 Å². The molecular weight excluding hydrogens is 202 g/mol. The van der Waals surface area contributed by atoms with Crippen molar-refractivity contribution in [3.05, 3.63) is 12.7 Å². The Balaban J connectivity index is 2.33. The highest BCUT2D eigenvalue weighted by Gasteiger charge is 2.31. The van der Waals surface area contributed by atoms with Gasteiger partial charge in [-0.25, -0.2) is 0 Å². The summed E-state index contributed by atoms with van der Waals surface area (Å²) in [6.07, 6.45) is 7.65. The van der Waals surface area contributed by atoms with Crippen molar-refractivity contribution in [3.63, 3.8) is 0 Å². The van der Waals surface area contributed by atoms with E-state index in [-0.39, 0.29) is 12.6 Å². The maximum atomic E-state index is 8.99. The van der Waals surface area contributed by atoms with Crippen molar-refractivity contribution in [2.45, 2.75) is 44.2 Å². The van der Waals surface area contributed by atoms with Crippen LogP contribution in [0.3, 0.4) is 0 Å². The predicted octanol–water partition coefficient (Wildman–Crippen LogP) is 1.72. The van der Waals surface area contributed by atoms with E-state index in [0.717, 1.165) is 25.2 Å². The number of nitrogens with one attached hydrogen (secondary N) is 1. The van der Waals surface area contributed by atoms with Crippen LogP contribution in [0, 0.1) is 5.92 Å². The number of allylic oxidation sites excluding steroid dienone is 1. The molecule has 1 fully saturated rings. The molecule has 2 N–H and O–H groups in total. The van der Waals surface area contributed by atoms with Crippen LogP contribution in [0.25, 0.3) is 0 Å². The largest absolute Gasteiger partial charge is 0.396 e. The molecule has 94 valence electrons. The third-order valence-corrected chi connectivity index (χ3v) is 3.17. The van der Waals surface area contributed by atoms with Crippen molar-refractivity contribution in [2.75, 3.05) is 20.3 Å². The lowest BCUT2D eigenvalue weighted by Gasteiger charge is -2.24. The number of aliphatic hydroxyl groups is 1. The van der Waals surface area contributed by atoms with Gasteiger partial charge in [-0.15, -0.1) is 6.58 Å². The molecule has 0 radical (unpaired) electrons. The second kappa shape index (κ2) is 7.82. The molecule has 0 amide bonds. The fourth-order valence-corrected chi connectivity index (χ4v) is 2.13. The van der Waals surface area contributed by atoms with Crippen LogP contribution in [0.15, 0.2) is 12.7 Å². The molecule has 3 nitrogen and oxygen atoms in total. The molecule has 0 saturated heterocycles. The van der Waals surface area contributed by atoms with E-state index in [0.29, 0.717) is 12.6 Å². The van der Waals surface area contributed by atoms with Gasteiger partial charge < -0.3 is 15.2 Å². The highest BCUT2D eigenvalue weighted by atomic mass is 16.5. The minimum Gasteiger partial charge on any atom is -0.396 e. The Morgan fingerprint density at radius 1 is 1.50 bits per heavy atom. The first-order valence-electron chi connectivity index (χ1n) is 6.28. The topological polar surface area (TPSA) is 41.5 Å². The molecule has 2 atom stereocenters. The molecule has 1 rings (SSSR count). The summed E-state index contributed by atoms with van der Waals surface area (Å²) in [7, 11) is 1.71. The van der Waals surface area contributed by atoms with Gasteiger partial charge in [0.05, 0.1) is 6.61 Å². The van der Waals surface area contributed by atoms with Crippen LogP contribution in [0.5, 0.6) is 0 Å². The first-order valence-corrected chi connectivity index (χ1v) is 6.28. The first kappa shape index (κ1) is 13.7. The van der Waals surface area contributed by atoms with Crippen LogP contribution in [-0.2, 0) is 4.74 Å². The molecule has 16 heavy (non-hydrogen) atoms. The highest BCUT2D eigenvalue weighted by Crippen LogP contribution is 2.34. The van der Waals surface area contributed by atoms with Gasteiger partial charge >= 0.3 is 0 Å². The van der Waals surface area contributed by atoms with Gasteiger partial charge in [0.1, 0.15) is 0 Å². The molecule has 1 aliphatic rings. The molecular formula is C13H25NO2. The van der Waals surface area contributed by atoms with Gasteiger partial charge in [-0.2, -0.15) is 0 Å². The summed E-state index contributed by atoms with van der Waals surface area (Å²) in [4.78, 5) is 0. The summed E-state index contributed by atoms with van der Waals surface area (Å²) < 4.78 is 5.17. The Bertz CT molecular complexity index is 186. The van der Waals surface area contributed by atoms with Crippen LogP contribution in [-0.4, -0.2) is 37.5 Å². The standard InChI is InChI=1S/C13H25NO2/c1-3-4-5-13(11-6-7-11)14-12(8-9-15)10-16-2/h3,11-15H,1,4-10H2,2H3. The summed E-state index contributed by atoms with van der Waals surface area (Å²) in [5.41, 5.74) is 0. The highest BCUT2D eigenvalue weighted by molar-refractivity contribution is 4.89. The number of rotatable bonds is 10. The van der Waals surface area contributed by atoms with Gasteiger partial charge in [0, 0.05) is 25.8 Å². The maximum absolute atomic E-state index is 8.99. The predicted molar refractivity (Wildman–Crippen MR) is 66.4 cm³/mol. The summed E-state index contributed by atoms with van der Waals surface area (Å²) >= 11 is 0. The zero-order valence-corrected chi connectivity index (χ0v) is 10.3. The Kier molecular flexibility index (Phi) is 6.69. The summed E-state index contributed by atoms with van der Waals surface area (Å²) in [6, 6.07) is 0.857. The smallest absolute Gasteiger partial charge is 0.0616 e. The van der Waals surface area contributed by atoms with E-state index in [2.05, 4.69) is 11.9 Å². The minimum absolute atomic E-state index is 0.222. The van der Waals surface area contributed by atoms with Crippen molar-refractivity contribution in [2.24, 2.45) is 5.92 Å². The van der Waals surface area contributed by atoms with E-state index in [1.54, 1.807) is 7.11 Å². The third-order valence-electron chi connectivity index (χ3n) is 3.17. The second-order valence-electron chi connectivity index (χ2n) is 4.64. The van der Waals surface area contributed by atoms with Gasteiger partial charge in [-0.1, -0.05) is 6.08 Å². The number of aliphatic hydroxyl groups excluding tert-OH is 1. The molecule has 0 aromatic rings. The molecule has 2 unspecified atom stereocenters. The number of methoxy groups -OCH3 is 1. The van der Waals surface area contributed by atoms with Gasteiger partial charge in [-0.3, -0.25) is 0 Å². The fourth-order valence-electron chi connectivity index (χ4n) is 2.13. The molecule has 0 aromatic heterocycles. The molecule has 1 aliphatic carbocycles. The Hall–Kier alpha value is -0.380. The molecule has 0 bridgehead atoms. The van der Waals surface area contributed by atoms with Crippen molar-refractivity contribution in [1.82, 2.24) is 5.32 Å². The van der Waals surface area contributed by atoms with E-state index in [9.17, 15) is 0 Å². The molecule has 1 saturated carbocycles. The molecule has 0 spiro atoms. The Morgan fingerprint density at radius 2 is 2.25 bits per heavy atom. The maximum Gasteiger partial charge on any atom is 0.0616 e. The van der Waals surface area contributed by atoms with Crippen LogP contribution in [0.4, 0.5) is 0 Å². The van der Waals surface area contributed by atoms with Crippen LogP contribution < -0.4 is 5.32 Å². The van der Waals surface area contributed by atoms with Crippen molar-refractivity contribution in [1.29, 1.82) is 0 Å². The van der Waals surface area contributed by atoms with Crippen molar-refractivity contribution < 1.29 is 9.84 Å². The van der Waals surface area contributed by atoms with Crippen LogP contribution in [0.1, 0.15) is 32.1 Å². The number of hydrogen-bond acceptors (Lipinski definition) is 3. The summed E-state index contributed by atoms with van der Waals surface area (Å²) in [5, 5.41) is 12.6. The van der Waals surface area contributed by atoms with E-state index in [1.165, 1.54) is 12.8 Å². The lowest BCUT2D eigenvalue weighted by Crippen LogP contribution is -2.42. The van der Waals surface area contributed by atoms with Crippen LogP contribution in [0.2, 0.25) is 0 Å². The SMILES string of the molecule is C=CCCC(NC(CCO)COC)C1CC1. The average molecular weight is 227 g/mol. The van der Waals surface area contributed by atoms with Gasteiger partial charge in [-0.05, 0) is 38.0 Å². The second-order valence-corrected chi connectivity index (χ2v) is 4.64. The quantitative estimate of drug-likeness (QED) is 0.558. The summed E-state index contributed by atoms with van der Waals surface area (Å²) in [6.45, 7) is 4.67. The van der Waals surface area contributed by atoms with Crippen LogP contribution >= 0.6 is 0 Å². The zero-order chi connectivity index (χ0) is 11.8. The average Bonchev–Trinajstić information content (AvgIpc) is 3.08. The molecule has 3 heteroatoms. The van der Waals surface area contributed by atoms with E-state index in [4.69, 9.17) is 9.84 Å². The molecule has 0 heterocycles. The van der Waals surface area contributed by atoms with E-state index >= 15 is 0 Å². The minimum atomic E-state index is 0.222. The van der Waals surface area contributed by atoms with Crippen molar-refractivity contribution >= 4 is 0 Å². The van der Waals surface area contributed by atoms with E-state index < -0.39 is 0 Å². The van der Waals surface area contributed by atoms with Gasteiger partial charge in [0.2, 0.25) is 0 Å². The first-order chi connectivity index (χ1) is 7.81. The lowest BCUT2D eigenvalue weighted by atomic mass is 10.0. The zero-order valence-electron chi connectivity index (χ0n) is 10.3. The molecule has 0 aliphatic heterocycles. The fraction of sp³-hybridized carbons (Fsp3) is 0.846. The van der Waals surface area contributed by atoms with Crippen molar-refractivity contribution in [3.8, 4) is 0 Å². The third kappa shape index (κ3) is 5.10. The normalized spacial score (nSPS) is 19.4. The van der Waals surface area contributed by atoms with Gasteiger partial charge in [0.15, 0.2) is 0 Å². The summed E-state index contributed by atoms with van der Waals surface area (Å²) in [5.74, 6) is 0.831. The lowest BCUT2D eigenvalue weighted by molar-refractivity contribution is 0.139. The monoisotopic (exact) mass is 227 g/mol. The number of hydrogen-bond donors (Lipinski definition) is 2. The van der Waals surface area contributed by atoms with E-state index in [1.807, 2.05) is 6.08 Å². The Morgan fingerprint density at radius 3 is 2.75 bits per heavy atom. The number of ether oxygens (including phenoxy) is 1.